The third-order valence-corrected chi connectivity index (χ3v) is 5.00. The molecule has 2 aromatic rings. The summed E-state index contributed by atoms with van der Waals surface area (Å²) in [6.07, 6.45) is 0. The number of nitrogens with one attached hydrogen (secondary N) is 1. The molecule has 1 atom stereocenters. The summed E-state index contributed by atoms with van der Waals surface area (Å²) in [5.74, 6) is 0.203. The molecule has 0 aliphatic carbocycles. The van der Waals surface area contributed by atoms with Crippen LogP contribution in [0.4, 0.5) is 10.1 Å². The molecule has 1 aliphatic heterocycles. The number of hydrogen-bond donors (Lipinski definition) is 1. The molecule has 5 nitrogen and oxygen atoms in total. The Balaban J connectivity index is 1.77. The first kappa shape index (κ1) is 19.2. The van der Waals surface area contributed by atoms with E-state index in [1.807, 2.05) is 13.0 Å². The van der Waals surface area contributed by atoms with Gasteiger partial charge in [0.05, 0.1) is 13.2 Å². The summed E-state index contributed by atoms with van der Waals surface area (Å²) in [5, 5.41) is 2.98. The first-order valence-electron chi connectivity index (χ1n) is 9.16. The lowest BCUT2D eigenvalue weighted by Crippen LogP contribution is -2.45. The largest absolute Gasteiger partial charge is 0.497 e. The Hall–Kier alpha value is -2.60. The van der Waals surface area contributed by atoms with E-state index >= 15 is 0 Å². The van der Waals surface area contributed by atoms with Crippen LogP contribution in [0, 0.1) is 5.82 Å². The lowest BCUT2D eigenvalue weighted by molar-refractivity contribution is 0.0940. The van der Waals surface area contributed by atoms with E-state index in [1.165, 1.54) is 12.1 Å². The monoisotopic (exact) mass is 371 g/mol. The molecule has 6 heteroatoms. The van der Waals surface area contributed by atoms with Crippen molar-refractivity contribution in [3.05, 3.63) is 59.4 Å². The molecule has 3 rings (SSSR count). The van der Waals surface area contributed by atoms with Crippen molar-refractivity contribution in [3.63, 3.8) is 0 Å². The lowest BCUT2D eigenvalue weighted by Gasteiger charge is -2.36. The van der Waals surface area contributed by atoms with Crippen LogP contribution in [-0.4, -0.2) is 51.1 Å². The van der Waals surface area contributed by atoms with Gasteiger partial charge in [0.1, 0.15) is 11.6 Å². The predicted molar refractivity (Wildman–Crippen MR) is 105 cm³/mol. The summed E-state index contributed by atoms with van der Waals surface area (Å²) < 4.78 is 19.0. The maximum Gasteiger partial charge on any atom is 0.251 e. The molecule has 2 aromatic carbocycles. The number of nitrogens with zero attached hydrogens (tertiary/aromatic N) is 2. The third-order valence-electron chi connectivity index (χ3n) is 5.00. The van der Waals surface area contributed by atoms with Gasteiger partial charge in [0, 0.05) is 43.0 Å². The van der Waals surface area contributed by atoms with Crippen molar-refractivity contribution in [1.29, 1.82) is 0 Å². The van der Waals surface area contributed by atoms with Crippen LogP contribution in [0.15, 0.2) is 42.5 Å². The molecule has 1 fully saturated rings. The van der Waals surface area contributed by atoms with Gasteiger partial charge in [-0.1, -0.05) is 0 Å². The number of ether oxygens (including phenoxy) is 1. The van der Waals surface area contributed by atoms with Crippen LogP contribution in [0.2, 0.25) is 0 Å². The highest BCUT2D eigenvalue weighted by Gasteiger charge is 2.21. The molecule has 0 spiro atoms. The zero-order valence-electron chi connectivity index (χ0n) is 16.0. The zero-order valence-corrected chi connectivity index (χ0v) is 16.0. The van der Waals surface area contributed by atoms with Crippen LogP contribution in [0.3, 0.4) is 0 Å². The van der Waals surface area contributed by atoms with Gasteiger partial charge in [-0.3, -0.25) is 4.79 Å². The SMILES string of the molecule is COc1ccc(C(=O)NC(C)c2cc(F)ccc2N2CCN(C)CC2)cc1. The van der Waals surface area contributed by atoms with Crippen molar-refractivity contribution < 1.29 is 13.9 Å². The van der Waals surface area contributed by atoms with E-state index in [-0.39, 0.29) is 17.8 Å². The van der Waals surface area contributed by atoms with Crippen molar-refractivity contribution >= 4 is 11.6 Å². The Morgan fingerprint density at radius 3 is 2.41 bits per heavy atom. The number of amides is 1. The zero-order chi connectivity index (χ0) is 19.4. The van der Waals surface area contributed by atoms with Crippen LogP contribution in [0.1, 0.15) is 28.9 Å². The van der Waals surface area contributed by atoms with Crippen LogP contribution in [-0.2, 0) is 0 Å². The van der Waals surface area contributed by atoms with Crippen LogP contribution < -0.4 is 15.0 Å². The molecule has 1 unspecified atom stereocenters. The Morgan fingerprint density at radius 2 is 1.78 bits per heavy atom. The fourth-order valence-corrected chi connectivity index (χ4v) is 3.31. The Labute approximate surface area is 159 Å². The number of benzene rings is 2. The van der Waals surface area contributed by atoms with Gasteiger partial charge in [-0.05, 0) is 56.4 Å². The number of anilines is 1. The van der Waals surface area contributed by atoms with Crippen molar-refractivity contribution in [2.24, 2.45) is 0 Å². The maximum absolute atomic E-state index is 13.9. The second-order valence-electron chi connectivity index (χ2n) is 6.92. The second kappa shape index (κ2) is 8.39. The Morgan fingerprint density at radius 1 is 1.11 bits per heavy atom. The van der Waals surface area contributed by atoms with Gasteiger partial charge in [0.25, 0.3) is 5.91 Å². The van der Waals surface area contributed by atoms with Crippen LogP contribution in [0.25, 0.3) is 0 Å². The number of hydrogen-bond acceptors (Lipinski definition) is 4. The first-order valence-corrected chi connectivity index (χ1v) is 9.16. The average molecular weight is 371 g/mol. The van der Waals surface area contributed by atoms with Crippen LogP contribution >= 0.6 is 0 Å². The highest BCUT2D eigenvalue weighted by Crippen LogP contribution is 2.28. The molecule has 1 saturated heterocycles. The van der Waals surface area contributed by atoms with Gasteiger partial charge < -0.3 is 19.9 Å². The van der Waals surface area contributed by atoms with Crippen molar-refractivity contribution in [1.82, 2.24) is 10.2 Å². The highest BCUT2D eigenvalue weighted by atomic mass is 19.1. The smallest absolute Gasteiger partial charge is 0.251 e. The van der Waals surface area contributed by atoms with Gasteiger partial charge in [-0.25, -0.2) is 4.39 Å². The molecule has 1 heterocycles. The van der Waals surface area contributed by atoms with E-state index < -0.39 is 0 Å². The number of likely N-dealkylation sites (N-methyl/N-ethyl adjacent to an activating group) is 1. The summed E-state index contributed by atoms with van der Waals surface area (Å²) in [7, 11) is 3.68. The topological polar surface area (TPSA) is 44.8 Å². The molecule has 0 bridgehead atoms. The van der Waals surface area contributed by atoms with Gasteiger partial charge in [-0.2, -0.15) is 0 Å². The van der Waals surface area contributed by atoms with Gasteiger partial charge in [-0.15, -0.1) is 0 Å². The molecule has 144 valence electrons. The van der Waals surface area contributed by atoms with E-state index in [4.69, 9.17) is 4.74 Å². The summed E-state index contributed by atoms with van der Waals surface area (Å²) >= 11 is 0. The molecule has 0 aromatic heterocycles. The number of piperazine rings is 1. The molecule has 0 radical (unpaired) electrons. The molecule has 0 saturated carbocycles. The minimum absolute atomic E-state index is 0.196. The van der Waals surface area contributed by atoms with E-state index in [0.29, 0.717) is 11.3 Å². The predicted octanol–water partition coefficient (Wildman–Crippen LogP) is 3.08. The Kier molecular flexibility index (Phi) is 5.96. The summed E-state index contributed by atoms with van der Waals surface area (Å²) in [6.45, 7) is 5.57. The van der Waals surface area contributed by atoms with E-state index in [0.717, 1.165) is 37.4 Å². The minimum atomic E-state index is -0.315. The summed E-state index contributed by atoms with van der Waals surface area (Å²) in [5.41, 5.74) is 2.31. The fourth-order valence-electron chi connectivity index (χ4n) is 3.31. The molecule has 1 N–H and O–H groups in total. The molecular weight excluding hydrogens is 345 g/mol. The van der Waals surface area contributed by atoms with Crippen molar-refractivity contribution in [2.75, 3.05) is 45.2 Å². The number of carbonyl (C=O) groups is 1. The molecule has 1 amide bonds. The van der Waals surface area contributed by atoms with Crippen molar-refractivity contribution in [3.8, 4) is 5.75 Å². The summed E-state index contributed by atoms with van der Waals surface area (Å²) in [4.78, 5) is 17.1. The van der Waals surface area contributed by atoms with E-state index in [9.17, 15) is 9.18 Å². The number of carbonyl (C=O) groups excluding carboxylic acids is 1. The normalized spacial score (nSPS) is 16.1. The molecule has 27 heavy (non-hydrogen) atoms. The average Bonchev–Trinajstić information content (AvgIpc) is 2.68. The van der Waals surface area contributed by atoms with E-state index in [2.05, 4.69) is 22.2 Å². The van der Waals surface area contributed by atoms with Gasteiger partial charge in [0.2, 0.25) is 0 Å². The summed E-state index contributed by atoms with van der Waals surface area (Å²) in [6, 6.07) is 11.4. The van der Waals surface area contributed by atoms with E-state index in [1.54, 1.807) is 31.4 Å². The molecule has 1 aliphatic rings. The number of methoxy groups -OCH3 is 1. The maximum atomic E-state index is 13.9. The fraction of sp³-hybridized carbons (Fsp3) is 0.381. The lowest BCUT2D eigenvalue weighted by atomic mass is 10.0. The second-order valence-corrected chi connectivity index (χ2v) is 6.92. The highest BCUT2D eigenvalue weighted by molar-refractivity contribution is 5.94. The van der Waals surface area contributed by atoms with Gasteiger partial charge in [0.15, 0.2) is 0 Å². The number of halogens is 1. The van der Waals surface area contributed by atoms with Crippen molar-refractivity contribution in [2.45, 2.75) is 13.0 Å². The van der Waals surface area contributed by atoms with Gasteiger partial charge >= 0.3 is 0 Å². The standard InChI is InChI=1S/C21H26FN3O2/c1-15(23-21(26)16-4-7-18(27-3)8-5-16)19-14-17(22)6-9-20(19)25-12-10-24(2)11-13-25/h4-9,14-15H,10-13H2,1-3H3,(H,23,26). The quantitative estimate of drug-likeness (QED) is 0.877. The first-order chi connectivity index (χ1) is 13.0. The Bertz CT molecular complexity index is 787. The van der Waals surface area contributed by atoms with Crippen LogP contribution in [0.5, 0.6) is 5.75 Å². The molecular formula is C21H26FN3O2. The third kappa shape index (κ3) is 4.57. The minimum Gasteiger partial charge on any atom is -0.497 e. The number of rotatable bonds is 5.